The van der Waals surface area contributed by atoms with Crippen LogP contribution in [0.15, 0.2) is 36.4 Å². The predicted octanol–water partition coefficient (Wildman–Crippen LogP) is 4.86. The molecule has 228 valence electrons. The second-order valence-electron chi connectivity index (χ2n) is 11.9. The summed E-state index contributed by atoms with van der Waals surface area (Å²) in [6, 6.07) is 11.9. The van der Waals surface area contributed by atoms with Crippen LogP contribution < -0.4 is 24.4 Å². The van der Waals surface area contributed by atoms with Gasteiger partial charge < -0.3 is 29.3 Å². The predicted molar refractivity (Wildman–Crippen MR) is 164 cm³/mol. The van der Waals surface area contributed by atoms with Crippen LogP contribution in [0.25, 0.3) is 0 Å². The Morgan fingerprint density at radius 1 is 1.02 bits per heavy atom. The van der Waals surface area contributed by atoms with Crippen molar-refractivity contribution in [1.82, 2.24) is 15.1 Å². The summed E-state index contributed by atoms with van der Waals surface area (Å²) in [5, 5.41) is 3.32. The summed E-state index contributed by atoms with van der Waals surface area (Å²) in [4.78, 5) is 32.3. The van der Waals surface area contributed by atoms with Gasteiger partial charge in [0.25, 0.3) is 0 Å². The minimum absolute atomic E-state index is 0.0493. The first-order chi connectivity index (χ1) is 20.4. The van der Waals surface area contributed by atoms with E-state index in [0.717, 1.165) is 55.1 Å². The van der Waals surface area contributed by atoms with Gasteiger partial charge in [-0.15, -0.1) is 0 Å². The Balaban J connectivity index is 1.26. The highest BCUT2D eigenvalue weighted by Crippen LogP contribution is 2.36. The average Bonchev–Trinajstić information content (AvgIpc) is 3.66. The van der Waals surface area contributed by atoms with E-state index in [2.05, 4.69) is 12.2 Å². The quantitative estimate of drug-likeness (QED) is 0.342. The molecule has 0 radical (unpaired) electrons. The molecule has 1 N–H and O–H groups in total. The van der Waals surface area contributed by atoms with Crippen LogP contribution in [0, 0.1) is 5.92 Å². The minimum atomic E-state index is -0.0493. The molecular formula is C33H46N4O5. The molecule has 2 heterocycles. The number of carbonyl (C=O) groups excluding carboxylic acids is 2. The number of hydrogen-bond donors (Lipinski definition) is 1. The maximum atomic E-state index is 13.8. The average molecular weight is 579 g/mol. The molecule has 9 nitrogen and oxygen atoms in total. The van der Waals surface area contributed by atoms with Gasteiger partial charge in [-0.1, -0.05) is 25.0 Å². The van der Waals surface area contributed by atoms with Crippen molar-refractivity contribution in [2.45, 2.75) is 70.5 Å². The van der Waals surface area contributed by atoms with E-state index in [0.29, 0.717) is 43.4 Å². The number of carbonyl (C=O) groups is 2. The van der Waals surface area contributed by atoms with Gasteiger partial charge in [-0.05, 0) is 68.8 Å². The lowest BCUT2D eigenvalue weighted by atomic mass is 10.0. The van der Waals surface area contributed by atoms with E-state index >= 15 is 0 Å². The summed E-state index contributed by atoms with van der Waals surface area (Å²) >= 11 is 0. The van der Waals surface area contributed by atoms with E-state index in [1.807, 2.05) is 58.1 Å². The summed E-state index contributed by atoms with van der Waals surface area (Å²) in [5.41, 5.74) is 2.62. The number of amides is 3. The van der Waals surface area contributed by atoms with Crippen LogP contribution in [-0.4, -0.2) is 81.3 Å². The molecule has 42 heavy (non-hydrogen) atoms. The number of hydrogen-bond acceptors (Lipinski definition) is 6. The third-order valence-corrected chi connectivity index (χ3v) is 8.97. The largest absolute Gasteiger partial charge is 0.496 e. The van der Waals surface area contributed by atoms with Crippen LogP contribution in [-0.2, 0) is 17.8 Å². The van der Waals surface area contributed by atoms with Gasteiger partial charge in [0.05, 0.1) is 33.8 Å². The van der Waals surface area contributed by atoms with Gasteiger partial charge >= 0.3 is 6.03 Å². The molecule has 0 bridgehead atoms. The smallest absolute Gasteiger partial charge is 0.325 e. The summed E-state index contributed by atoms with van der Waals surface area (Å²) in [6.45, 7) is 5.57. The summed E-state index contributed by atoms with van der Waals surface area (Å²) in [7, 11) is 5.16. The lowest BCUT2D eigenvalue weighted by Gasteiger charge is -2.40. The van der Waals surface area contributed by atoms with Crippen LogP contribution in [0.1, 0.15) is 56.6 Å². The SMILES string of the molecule is COc1cc(CC(=O)N(C)C2CCNC2)ccc1CN1C(=O)N(c2ccc(OC)c(OCCCC3CC3)c2)CCC1C. The first kappa shape index (κ1) is 30.0. The van der Waals surface area contributed by atoms with Gasteiger partial charge in [-0.2, -0.15) is 0 Å². The van der Waals surface area contributed by atoms with E-state index in [-0.39, 0.29) is 24.0 Å². The molecule has 5 rings (SSSR count). The Bertz CT molecular complexity index is 1240. The fourth-order valence-electron chi connectivity index (χ4n) is 5.97. The molecule has 2 aliphatic heterocycles. The number of likely N-dealkylation sites (N-methyl/N-ethyl adjacent to an activating group) is 1. The summed E-state index contributed by atoms with van der Waals surface area (Å²) in [5.74, 6) is 3.01. The zero-order valence-corrected chi connectivity index (χ0v) is 25.6. The molecule has 3 aliphatic rings. The number of nitrogens with one attached hydrogen (secondary N) is 1. The zero-order valence-electron chi connectivity index (χ0n) is 25.6. The fraction of sp³-hybridized carbons (Fsp3) is 0.576. The number of ether oxygens (including phenoxy) is 3. The zero-order chi connectivity index (χ0) is 29.6. The van der Waals surface area contributed by atoms with Crippen molar-refractivity contribution in [2.75, 3.05) is 52.4 Å². The van der Waals surface area contributed by atoms with E-state index in [4.69, 9.17) is 14.2 Å². The highest BCUT2D eigenvalue weighted by Gasteiger charge is 2.33. The van der Waals surface area contributed by atoms with Gasteiger partial charge in [0.2, 0.25) is 5.91 Å². The third kappa shape index (κ3) is 7.12. The van der Waals surface area contributed by atoms with Crippen molar-refractivity contribution in [2.24, 2.45) is 5.92 Å². The first-order valence-corrected chi connectivity index (χ1v) is 15.4. The number of benzene rings is 2. The highest BCUT2D eigenvalue weighted by atomic mass is 16.5. The van der Waals surface area contributed by atoms with E-state index < -0.39 is 0 Å². The number of urea groups is 1. The van der Waals surface area contributed by atoms with Crippen LogP contribution in [0.3, 0.4) is 0 Å². The standard InChI is InChI=1S/C33H46N4O5/c1-23-14-16-36(27-11-12-29(40-3)31(20-27)42-17-5-6-24-7-8-24)33(39)37(23)22-26-10-9-25(18-30(26)41-4)19-32(38)35(2)28-13-15-34-21-28/h9-12,18,20,23-24,28,34H,5-8,13-17,19,21-22H2,1-4H3. The number of nitrogens with zero attached hydrogens (tertiary/aromatic N) is 3. The fourth-order valence-corrected chi connectivity index (χ4v) is 5.97. The molecule has 3 fully saturated rings. The van der Waals surface area contributed by atoms with Gasteiger partial charge in [0, 0.05) is 49.5 Å². The molecule has 0 spiro atoms. The number of methoxy groups -OCH3 is 2. The van der Waals surface area contributed by atoms with E-state index in [1.165, 1.54) is 19.3 Å². The molecule has 1 aliphatic carbocycles. The molecule has 9 heteroatoms. The Hall–Kier alpha value is -3.46. The molecule has 2 aromatic rings. The Morgan fingerprint density at radius 3 is 2.55 bits per heavy atom. The Kier molecular flexibility index (Phi) is 9.77. The summed E-state index contributed by atoms with van der Waals surface area (Å²) < 4.78 is 17.4. The molecule has 2 saturated heterocycles. The maximum absolute atomic E-state index is 13.8. The molecule has 2 atom stereocenters. The maximum Gasteiger partial charge on any atom is 0.325 e. The Labute approximate surface area is 250 Å². The molecule has 2 aromatic carbocycles. The second kappa shape index (κ2) is 13.7. The summed E-state index contributed by atoms with van der Waals surface area (Å²) in [6.07, 6.45) is 7.05. The van der Waals surface area contributed by atoms with Crippen LogP contribution in [0.5, 0.6) is 17.2 Å². The number of anilines is 1. The normalized spacial score (nSPS) is 20.5. The minimum Gasteiger partial charge on any atom is -0.496 e. The van der Waals surface area contributed by atoms with Crippen molar-refractivity contribution >= 4 is 17.6 Å². The molecule has 0 aromatic heterocycles. The van der Waals surface area contributed by atoms with Crippen molar-refractivity contribution in [3.8, 4) is 17.2 Å². The lowest BCUT2D eigenvalue weighted by Crippen LogP contribution is -2.53. The lowest BCUT2D eigenvalue weighted by molar-refractivity contribution is -0.130. The number of rotatable bonds is 13. The second-order valence-corrected chi connectivity index (χ2v) is 11.9. The first-order valence-electron chi connectivity index (χ1n) is 15.4. The third-order valence-electron chi connectivity index (χ3n) is 8.97. The van der Waals surface area contributed by atoms with Crippen molar-refractivity contribution < 1.29 is 23.8 Å². The van der Waals surface area contributed by atoms with Gasteiger partial charge in [0.1, 0.15) is 5.75 Å². The molecule has 2 unspecified atom stereocenters. The highest BCUT2D eigenvalue weighted by molar-refractivity contribution is 5.93. The van der Waals surface area contributed by atoms with Crippen molar-refractivity contribution in [3.63, 3.8) is 0 Å². The van der Waals surface area contributed by atoms with Crippen LogP contribution in [0.2, 0.25) is 0 Å². The monoisotopic (exact) mass is 578 g/mol. The molecule has 3 amide bonds. The van der Waals surface area contributed by atoms with Gasteiger partial charge in [-0.25, -0.2) is 4.79 Å². The molecule has 1 saturated carbocycles. The Morgan fingerprint density at radius 2 is 1.83 bits per heavy atom. The van der Waals surface area contributed by atoms with E-state index in [9.17, 15) is 9.59 Å². The van der Waals surface area contributed by atoms with Crippen molar-refractivity contribution in [3.05, 3.63) is 47.5 Å². The van der Waals surface area contributed by atoms with Crippen LogP contribution in [0.4, 0.5) is 10.5 Å². The molecular weight excluding hydrogens is 532 g/mol. The van der Waals surface area contributed by atoms with Crippen molar-refractivity contribution in [1.29, 1.82) is 0 Å². The topological polar surface area (TPSA) is 83.6 Å². The van der Waals surface area contributed by atoms with Gasteiger partial charge in [0.15, 0.2) is 11.5 Å². The van der Waals surface area contributed by atoms with E-state index in [1.54, 1.807) is 14.2 Å². The van der Waals surface area contributed by atoms with Crippen LogP contribution >= 0.6 is 0 Å². The van der Waals surface area contributed by atoms with Gasteiger partial charge in [-0.3, -0.25) is 9.69 Å².